The summed E-state index contributed by atoms with van der Waals surface area (Å²) >= 11 is 9.29. The van der Waals surface area contributed by atoms with E-state index in [0.717, 1.165) is 10.9 Å². The van der Waals surface area contributed by atoms with Crippen LogP contribution in [-0.4, -0.2) is 11.9 Å². The number of hydrogen-bond acceptors (Lipinski definition) is 1. The molecule has 3 unspecified atom stereocenters. The predicted octanol–water partition coefficient (Wildman–Crippen LogP) is 4.66. The number of carbonyl (C=O) groups excluding carboxylic acids is 1. The summed E-state index contributed by atoms with van der Waals surface area (Å²) in [7, 11) is 0. The van der Waals surface area contributed by atoms with Crippen LogP contribution in [0.25, 0.3) is 0 Å². The number of halogens is 2. The van der Waals surface area contributed by atoms with Crippen LogP contribution in [-0.2, 0) is 0 Å². The van der Waals surface area contributed by atoms with Crippen LogP contribution in [0, 0.1) is 11.8 Å². The Morgan fingerprint density at radius 3 is 2.79 bits per heavy atom. The molecule has 1 aromatic rings. The molecule has 0 aromatic heterocycles. The van der Waals surface area contributed by atoms with Gasteiger partial charge in [-0.05, 0) is 52.4 Å². The molecule has 4 heteroatoms. The van der Waals surface area contributed by atoms with E-state index in [1.807, 2.05) is 0 Å². The smallest absolute Gasteiger partial charge is 0.252 e. The van der Waals surface area contributed by atoms with Crippen LogP contribution < -0.4 is 5.32 Å². The summed E-state index contributed by atoms with van der Waals surface area (Å²) in [4.78, 5) is 12.3. The van der Waals surface area contributed by atoms with Gasteiger partial charge in [-0.2, -0.15) is 0 Å². The SMILES string of the molecule is CC1CCCC(NC(=O)c2ccc(Cl)cc2Br)C1C. The Labute approximate surface area is 128 Å². The summed E-state index contributed by atoms with van der Waals surface area (Å²) in [6.07, 6.45) is 3.53. The van der Waals surface area contributed by atoms with Crippen molar-refractivity contribution >= 4 is 33.4 Å². The van der Waals surface area contributed by atoms with Gasteiger partial charge >= 0.3 is 0 Å². The van der Waals surface area contributed by atoms with E-state index in [-0.39, 0.29) is 11.9 Å². The summed E-state index contributed by atoms with van der Waals surface area (Å²) in [5.41, 5.74) is 0.648. The number of hydrogen-bond donors (Lipinski definition) is 1. The Bertz CT molecular complexity index is 477. The maximum Gasteiger partial charge on any atom is 0.252 e. The third-order valence-corrected chi connectivity index (χ3v) is 5.09. The molecule has 104 valence electrons. The molecule has 1 aliphatic carbocycles. The van der Waals surface area contributed by atoms with Gasteiger partial charge in [0.15, 0.2) is 0 Å². The van der Waals surface area contributed by atoms with Crippen molar-refractivity contribution in [3.05, 3.63) is 33.3 Å². The Morgan fingerprint density at radius 1 is 1.37 bits per heavy atom. The van der Waals surface area contributed by atoms with Crippen LogP contribution in [0.3, 0.4) is 0 Å². The van der Waals surface area contributed by atoms with Gasteiger partial charge in [0.25, 0.3) is 5.91 Å². The quantitative estimate of drug-likeness (QED) is 0.831. The standard InChI is InChI=1S/C15H19BrClNO/c1-9-4-3-5-14(10(9)2)18-15(19)12-7-6-11(17)8-13(12)16/h6-10,14H,3-5H2,1-2H3,(H,18,19). The van der Waals surface area contributed by atoms with Gasteiger partial charge in [0, 0.05) is 15.5 Å². The molecular weight excluding hydrogens is 326 g/mol. The predicted molar refractivity (Wildman–Crippen MR) is 82.6 cm³/mol. The minimum absolute atomic E-state index is 0.0190. The maximum atomic E-state index is 12.3. The van der Waals surface area contributed by atoms with Gasteiger partial charge in [0.05, 0.1) is 5.56 Å². The van der Waals surface area contributed by atoms with Crippen molar-refractivity contribution in [2.24, 2.45) is 11.8 Å². The topological polar surface area (TPSA) is 29.1 Å². The second-order valence-electron chi connectivity index (χ2n) is 5.47. The van der Waals surface area contributed by atoms with Crippen molar-refractivity contribution in [2.75, 3.05) is 0 Å². The minimum atomic E-state index is -0.0190. The van der Waals surface area contributed by atoms with E-state index in [1.54, 1.807) is 18.2 Å². The fourth-order valence-electron chi connectivity index (χ4n) is 2.71. The summed E-state index contributed by atoms with van der Waals surface area (Å²) in [5, 5.41) is 3.79. The number of benzene rings is 1. The van der Waals surface area contributed by atoms with E-state index in [4.69, 9.17) is 11.6 Å². The van der Waals surface area contributed by atoms with E-state index >= 15 is 0 Å². The Morgan fingerprint density at radius 2 is 2.11 bits per heavy atom. The molecule has 0 bridgehead atoms. The van der Waals surface area contributed by atoms with Crippen LogP contribution in [0.5, 0.6) is 0 Å². The van der Waals surface area contributed by atoms with E-state index in [9.17, 15) is 4.79 Å². The molecule has 19 heavy (non-hydrogen) atoms. The van der Waals surface area contributed by atoms with Crippen molar-refractivity contribution in [3.63, 3.8) is 0 Å². The molecule has 1 saturated carbocycles. The highest BCUT2D eigenvalue weighted by Gasteiger charge is 2.28. The van der Waals surface area contributed by atoms with Gasteiger partial charge in [-0.15, -0.1) is 0 Å². The van der Waals surface area contributed by atoms with Crippen molar-refractivity contribution in [2.45, 2.75) is 39.2 Å². The van der Waals surface area contributed by atoms with Crippen LogP contribution in [0.1, 0.15) is 43.5 Å². The lowest BCUT2D eigenvalue weighted by Crippen LogP contribution is -2.43. The van der Waals surface area contributed by atoms with Gasteiger partial charge in [0.1, 0.15) is 0 Å². The van der Waals surface area contributed by atoms with Gasteiger partial charge in [-0.1, -0.05) is 38.3 Å². The van der Waals surface area contributed by atoms with Gasteiger partial charge in [-0.3, -0.25) is 4.79 Å². The molecule has 1 aliphatic rings. The maximum absolute atomic E-state index is 12.3. The van der Waals surface area contributed by atoms with Crippen molar-refractivity contribution in [1.29, 1.82) is 0 Å². The molecule has 2 nitrogen and oxygen atoms in total. The number of nitrogens with one attached hydrogen (secondary N) is 1. The number of carbonyl (C=O) groups is 1. The highest BCUT2D eigenvalue weighted by molar-refractivity contribution is 9.10. The lowest BCUT2D eigenvalue weighted by molar-refractivity contribution is 0.0890. The summed E-state index contributed by atoms with van der Waals surface area (Å²) in [5.74, 6) is 1.19. The molecular formula is C15H19BrClNO. The van der Waals surface area contributed by atoms with Crippen LogP contribution in [0.2, 0.25) is 5.02 Å². The first-order chi connectivity index (χ1) is 8.99. The summed E-state index contributed by atoms with van der Waals surface area (Å²) in [6.45, 7) is 4.49. The highest BCUT2D eigenvalue weighted by Crippen LogP contribution is 2.30. The molecule has 0 heterocycles. The minimum Gasteiger partial charge on any atom is -0.349 e. The molecule has 3 atom stereocenters. The van der Waals surface area contributed by atoms with Crippen LogP contribution in [0.15, 0.2) is 22.7 Å². The van der Waals surface area contributed by atoms with E-state index in [1.165, 1.54) is 12.8 Å². The molecule has 0 saturated heterocycles. The van der Waals surface area contributed by atoms with Gasteiger partial charge in [-0.25, -0.2) is 0 Å². The summed E-state index contributed by atoms with van der Waals surface area (Å²) in [6, 6.07) is 5.54. The average molecular weight is 345 g/mol. The van der Waals surface area contributed by atoms with Crippen molar-refractivity contribution in [1.82, 2.24) is 5.32 Å². The highest BCUT2D eigenvalue weighted by atomic mass is 79.9. The average Bonchev–Trinajstić information content (AvgIpc) is 2.34. The molecule has 2 rings (SSSR count). The first kappa shape index (κ1) is 14.9. The third kappa shape index (κ3) is 3.51. The normalized spacial score (nSPS) is 27.1. The van der Waals surface area contributed by atoms with Crippen molar-refractivity contribution in [3.8, 4) is 0 Å². The molecule has 1 fully saturated rings. The molecule has 0 radical (unpaired) electrons. The number of rotatable bonds is 2. The lowest BCUT2D eigenvalue weighted by atomic mass is 9.78. The largest absolute Gasteiger partial charge is 0.349 e. The van der Waals surface area contributed by atoms with Gasteiger partial charge < -0.3 is 5.32 Å². The van der Waals surface area contributed by atoms with Gasteiger partial charge in [0.2, 0.25) is 0 Å². The monoisotopic (exact) mass is 343 g/mol. The van der Waals surface area contributed by atoms with E-state index in [2.05, 4.69) is 35.1 Å². The lowest BCUT2D eigenvalue weighted by Gasteiger charge is -2.34. The summed E-state index contributed by atoms with van der Waals surface area (Å²) < 4.78 is 0.744. The first-order valence-electron chi connectivity index (χ1n) is 6.75. The fourth-order valence-corrected chi connectivity index (χ4v) is 3.57. The zero-order valence-electron chi connectivity index (χ0n) is 11.2. The Balaban J connectivity index is 2.08. The fraction of sp³-hybridized carbons (Fsp3) is 0.533. The first-order valence-corrected chi connectivity index (χ1v) is 7.92. The molecule has 1 amide bonds. The molecule has 0 spiro atoms. The molecule has 0 aliphatic heterocycles. The zero-order chi connectivity index (χ0) is 14.0. The zero-order valence-corrected chi connectivity index (χ0v) is 13.6. The second-order valence-corrected chi connectivity index (χ2v) is 6.76. The van der Waals surface area contributed by atoms with Crippen LogP contribution >= 0.6 is 27.5 Å². The Kier molecular flexibility index (Phi) is 4.91. The van der Waals surface area contributed by atoms with E-state index < -0.39 is 0 Å². The Hall–Kier alpha value is -0.540. The number of amides is 1. The van der Waals surface area contributed by atoms with Crippen molar-refractivity contribution < 1.29 is 4.79 Å². The third-order valence-electron chi connectivity index (χ3n) is 4.20. The molecule has 1 N–H and O–H groups in total. The van der Waals surface area contributed by atoms with Crippen LogP contribution in [0.4, 0.5) is 0 Å². The second kappa shape index (κ2) is 6.27. The molecule has 1 aromatic carbocycles. The van der Waals surface area contributed by atoms with E-state index in [0.29, 0.717) is 22.4 Å².